The molecule has 1 rings (SSSR count). The van der Waals surface area contributed by atoms with Crippen LogP contribution in [0.3, 0.4) is 0 Å². The number of primary sulfonamides is 1. The molecular formula is C10H19N3O3S2. The molecule has 0 fully saturated rings. The number of nitrogens with zero attached hydrogens (tertiary/aromatic N) is 1. The van der Waals surface area contributed by atoms with E-state index in [9.17, 15) is 8.42 Å². The van der Waals surface area contributed by atoms with Crippen molar-refractivity contribution in [2.24, 2.45) is 5.14 Å². The van der Waals surface area contributed by atoms with E-state index in [4.69, 9.17) is 9.88 Å². The van der Waals surface area contributed by atoms with Gasteiger partial charge in [0.15, 0.2) is 9.34 Å². The topological polar surface area (TPSA) is 94.3 Å². The maximum absolute atomic E-state index is 11.3. The zero-order chi connectivity index (χ0) is 14.0. The van der Waals surface area contributed by atoms with Crippen LogP contribution in [0.1, 0.15) is 26.5 Å². The molecule has 0 aliphatic heterocycles. The van der Waals surface area contributed by atoms with Crippen LogP contribution in [0.15, 0.2) is 4.21 Å². The van der Waals surface area contributed by atoms with Crippen LogP contribution >= 0.6 is 11.3 Å². The molecule has 1 aromatic heterocycles. The highest BCUT2D eigenvalue weighted by Crippen LogP contribution is 2.26. The van der Waals surface area contributed by atoms with Gasteiger partial charge in [0.2, 0.25) is 10.0 Å². The smallest absolute Gasteiger partial charge is 0.249 e. The van der Waals surface area contributed by atoms with Crippen LogP contribution in [0.25, 0.3) is 0 Å². The fourth-order valence-electron chi connectivity index (χ4n) is 1.45. The van der Waals surface area contributed by atoms with Crippen molar-refractivity contribution in [1.29, 1.82) is 0 Å². The molecule has 0 amide bonds. The van der Waals surface area contributed by atoms with Crippen molar-refractivity contribution in [2.75, 3.05) is 18.5 Å². The molecule has 0 spiro atoms. The van der Waals surface area contributed by atoms with Gasteiger partial charge in [0.25, 0.3) is 0 Å². The zero-order valence-electron chi connectivity index (χ0n) is 11.0. The minimum absolute atomic E-state index is 0.0965. The molecule has 18 heavy (non-hydrogen) atoms. The molecule has 0 unspecified atom stereocenters. The molecule has 1 heterocycles. The molecule has 0 aliphatic rings. The number of anilines is 1. The largest absolute Gasteiger partial charge is 0.374 e. The van der Waals surface area contributed by atoms with Crippen LogP contribution in [0.5, 0.6) is 0 Å². The standard InChI is InChI=1S/C10H19N3O3S2/c1-5-16-10(3,4)6-12-9-13-7(2)8(17-9)18(11,14)15/h5-6H2,1-4H3,(H,12,13)(H2,11,14,15). The van der Waals surface area contributed by atoms with E-state index in [0.717, 1.165) is 11.3 Å². The number of hydrogen-bond donors (Lipinski definition) is 2. The Morgan fingerprint density at radius 2 is 2.11 bits per heavy atom. The summed E-state index contributed by atoms with van der Waals surface area (Å²) in [5, 5.41) is 8.69. The average Bonchev–Trinajstić information content (AvgIpc) is 2.56. The van der Waals surface area contributed by atoms with E-state index < -0.39 is 10.0 Å². The monoisotopic (exact) mass is 293 g/mol. The summed E-state index contributed by atoms with van der Waals surface area (Å²) < 4.78 is 28.2. The minimum atomic E-state index is -3.69. The van der Waals surface area contributed by atoms with Crippen molar-refractivity contribution in [3.05, 3.63) is 5.69 Å². The molecule has 0 atom stereocenters. The van der Waals surface area contributed by atoms with Crippen LogP contribution in [0.4, 0.5) is 5.13 Å². The number of sulfonamides is 1. The van der Waals surface area contributed by atoms with Gasteiger partial charge in [0, 0.05) is 13.2 Å². The fraction of sp³-hybridized carbons (Fsp3) is 0.700. The molecule has 0 saturated heterocycles. The SMILES string of the molecule is CCOC(C)(C)CNc1nc(C)c(S(N)(=O)=O)s1. The average molecular weight is 293 g/mol. The lowest BCUT2D eigenvalue weighted by Gasteiger charge is -2.24. The van der Waals surface area contributed by atoms with Crippen LogP contribution in [0, 0.1) is 6.92 Å². The normalized spacial score (nSPS) is 12.7. The van der Waals surface area contributed by atoms with Crippen LogP contribution in [0.2, 0.25) is 0 Å². The molecule has 0 aromatic carbocycles. The predicted octanol–water partition coefficient (Wildman–Crippen LogP) is 1.33. The summed E-state index contributed by atoms with van der Waals surface area (Å²) in [5.41, 5.74) is 0.0787. The Kier molecular flexibility index (Phi) is 4.71. The summed E-state index contributed by atoms with van der Waals surface area (Å²) in [4.78, 5) is 4.13. The van der Waals surface area contributed by atoms with Crippen molar-refractivity contribution >= 4 is 26.5 Å². The molecule has 0 saturated carbocycles. The van der Waals surface area contributed by atoms with Gasteiger partial charge in [-0.25, -0.2) is 18.5 Å². The Hall–Kier alpha value is -0.700. The second-order valence-corrected chi connectivity index (χ2v) is 7.24. The van der Waals surface area contributed by atoms with Crippen molar-refractivity contribution in [3.63, 3.8) is 0 Å². The molecule has 104 valence electrons. The lowest BCUT2D eigenvalue weighted by Crippen LogP contribution is -2.33. The van der Waals surface area contributed by atoms with Crippen LogP contribution < -0.4 is 10.5 Å². The first-order valence-corrected chi connectivity index (χ1v) is 7.90. The van der Waals surface area contributed by atoms with Gasteiger partial charge in [0.05, 0.1) is 11.3 Å². The Balaban J connectivity index is 2.76. The van der Waals surface area contributed by atoms with E-state index >= 15 is 0 Å². The third-order valence-electron chi connectivity index (χ3n) is 2.21. The summed E-state index contributed by atoms with van der Waals surface area (Å²) in [6.45, 7) is 8.60. The molecule has 0 bridgehead atoms. The Morgan fingerprint density at radius 1 is 1.50 bits per heavy atom. The second kappa shape index (κ2) is 5.52. The first-order chi connectivity index (χ1) is 8.15. The van der Waals surface area contributed by atoms with Gasteiger partial charge in [-0.3, -0.25) is 0 Å². The molecular weight excluding hydrogens is 274 g/mol. The second-order valence-electron chi connectivity index (χ2n) is 4.48. The maximum Gasteiger partial charge on any atom is 0.249 e. The van der Waals surface area contributed by atoms with Crippen molar-refractivity contribution in [2.45, 2.75) is 37.5 Å². The van der Waals surface area contributed by atoms with Gasteiger partial charge in [-0.2, -0.15) is 0 Å². The maximum atomic E-state index is 11.3. The number of nitrogens with one attached hydrogen (secondary N) is 1. The summed E-state index contributed by atoms with van der Waals surface area (Å²) >= 11 is 1.03. The minimum Gasteiger partial charge on any atom is -0.374 e. The molecule has 8 heteroatoms. The van der Waals surface area contributed by atoms with E-state index in [1.165, 1.54) is 0 Å². The number of thiazole rings is 1. The lowest BCUT2D eigenvalue weighted by atomic mass is 10.1. The van der Waals surface area contributed by atoms with Gasteiger partial charge >= 0.3 is 0 Å². The molecule has 0 aliphatic carbocycles. The highest BCUT2D eigenvalue weighted by molar-refractivity contribution is 7.91. The molecule has 0 radical (unpaired) electrons. The number of aryl methyl sites for hydroxylation is 1. The van der Waals surface area contributed by atoms with E-state index in [1.54, 1.807) is 6.92 Å². The van der Waals surface area contributed by atoms with Crippen molar-refractivity contribution in [3.8, 4) is 0 Å². The van der Waals surface area contributed by atoms with E-state index in [0.29, 0.717) is 24.0 Å². The number of nitrogens with two attached hydrogens (primary N) is 1. The van der Waals surface area contributed by atoms with Gasteiger partial charge < -0.3 is 10.1 Å². The fourth-order valence-corrected chi connectivity index (χ4v) is 3.31. The van der Waals surface area contributed by atoms with Gasteiger partial charge in [0.1, 0.15) is 0 Å². The first-order valence-electron chi connectivity index (χ1n) is 5.54. The molecule has 3 N–H and O–H groups in total. The zero-order valence-corrected chi connectivity index (χ0v) is 12.6. The van der Waals surface area contributed by atoms with Crippen molar-refractivity contribution < 1.29 is 13.2 Å². The third kappa shape index (κ3) is 4.20. The Morgan fingerprint density at radius 3 is 2.56 bits per heavy atom. The molecule has 6 nitrogen and oxygen atoms in total. The summed E-state index contributed by atoms with van der Waals surface area (Å²) in [7, 11) is -3.69. The summed E-state index contributed by atoms with van der Waals surface area (Å²) in [6, 6.07) is 0. The Bertz CT molecular complexity index is 508. The van der Waals surface area contributed by atoms with Gasteiger partial charge in [-0.05, 0) is 27.7 Å². The lowest BCUT2D eigenvalue weighted by molar-refractivity contribution is 0.000693. The number of aromatic nitrogens is 1. The summed E-state index contributed by atoms with van der Waals surface area (Å²) in [6.07, 6.45) is 0. The van der Waals surface area contributed by atoms with Crippen molar-refractivity contribution in [1.82, 2.24) is 4.98 Å². The van der Waals surface area contributed by atoms with E-state index in [2.05, 4.69) is 10.3 Å². The Labute approximate surface area is 112 Å². The highest BCUT2D eigenvalue weighted by atomic mass is 32.2. The predicted molar refractivity (Wildman–Crippen MR) is 72.4 cm³/mol. The summed E-state index contributed by atoms with van der Waals surface area (Å²) in [5.74, 6) is 0. The van der Waals surface area contributed by atoms with Crippen LogP contribution in [-0.2, 0) is 14.8 Å². The number of ether oxygens (including phenoxy) is 1. The van der Waals surface area contributed by atoms with E-state index in [1.807, 2.05) is 20.8 Å². The highest BCUT2D eigenvalue weighted by Gasteiger charge is 2.21. The van der Waals surface area contributed by atoms with Gasteiger partial charge in [-0.15, -0.1) is 0 Å². The number of rotatable bonds is 6. The quantitative estimate of drug-likeness (QED) is 0.825. The first kappa shape index (κ1) is 15.4. The molecule has 1 aromatic rings. The van der Waals surface area contributed by atoms with Crippen LogP contribution in [-0.4, -0.2) is 32.2 Å². The number of hydrogen-bond acceptors (Lipinski definition) is 6. The van der Waals surface area contributed by atoms with Gasteiger partial charge in [-0.1, -0.05) is 11.3 Å². The third-order valence-corrected chi connectivity index (χ3v) is 4.88. The van der Waals surface area contributed by atoms with E-state index in [-0.39, 0.29) is 9.81 Å².